The van der Waals surface area contributed by atoms with E-state index >= 15 is 0 Å². The lowest BCUT2D eigenvalue weighted by molar-refractivity contribution is 0.0162. The maximum atomic E-state index is 13.2. The lowest BCUT2D eigenvalue weighted by atomic mass is 10.0. The number of rotatable bonds is 7. The monoisotopic (exact) mass is 437 g/mol. The predicted octanol–water partition coefficient (Wildman–Crippen LogP) is 3.93. The first kappa shape index (κ1) is 21.5. The van der Waals surface area contributed by atoms with Gasteiger partial charge in [0.1, 0.15) is 10.6 Å². The molecule has 2 heterocycles. The third kappa shape index (κ3) is 5.12. The van der Waals surface area contributed by atoms with E-state index < -0.39 is 0 Å². The van der Waals surface area contributed by atoms with Gasteiger partial charge in [0.15, 0.2) is 0 Å². The summed E-state index contributed by atoms with van der Waals surface area (Å²) in [5.74, 6) is 0.734. The molecule has 1 aliphatic heterocycles. The van der Waals surface area contributed by atoms with Crippen molar-refractivity contribution in [1.82, 2.24) is 15.2 Å². The van der Waals surface area contributed by atoms with Crippen LogP contribution in [0.2, 0.25) is 0 Å². The first-order chi connectivity index (χ1) is 15.2. The molecule has 1 amide bonds. The molecule has 2 aromatic carbocycles. The Morgan fingerprint density at radius 2 is 1.87 bits per heavy atom. The summed E-state index contributed by atoms with van der Waals surface area (Å²) in [4.78, 5) is 20.8. The maximum Gasteiger partial charge on any atom is 0.263 e. The number of amides is 1. The quantitative estimate of drug-likeness (QED) is 0.607. The molecule has 4 rings (SSSR count). The number of nitrogens with one attached hydrogen (secondary N) is 1. The van der Waals surface area contributed by atoms with Gasteiger partial charge >= 0.3 is 0 Å². The second kappa shape index (κ2) is 10.0. The van der Waals surface area contributed by atoms with Gasteiger partial charge in [0.2, 0.25) is 0 Å². The normalized spacial score (nSPS) is 15.4. The number of hydrogen-bond donors (Lipinski definition) is 1. The molecule has 0 spiro atoms. The minimum absolute atomic E-state index is 0.0629. The zero-order valence-electron chi connectivity index (χ0n) is 17.8. The second-order valence-corrected chi connectivity index (χ2v) is 8.63. The number of aryl methyl sites for hydroxylation is 1. The van der Waals surface area contributed by atoms with Gasteiger partial charge in [-0.1, -0.05) is 42.5 Å². The molecule has 1 aliphatic rings. The average molecular weight is 438 g/mol. The van der Waals surface area contributed by atoms with Crippen molar-refractivity contribution >= 4 is 17.2 Å². The van der Waals surface area contributed by atoms with Crippen molar-refractivity contribution in [2.24, 2.45) is 0 Å². The van der Waals surface area contributed by atoms with E-state index in [0.717, 1.165) is 40.7 Å². The molecule has 1 fully saturated rings. The summed E-state index contributed by atoms with van der Waals surface area (Å²) in [7, 11) is 1.66. The van der Waals surface area contributed by atoms with Gasteiger partial charge in [-0.05, 0) is 24.6 Å². The van der Waals surface area contributed by atoms with Crippen molar-refractivity contribution in [2.45, 2.75) is 13.0 Å². The van der Waals surface area contributed by atoms with Crippen LogP contribution in [-0.2, 0) is 4.74 Å². The molecule has 0 aliphatic carbocycles. The fourth-order valence-electron chi connectivity index (χ4n) is 3.82. The van der Waals surface area contributed by atoms with Crippen LogP contribution >= 0.6 is 11.3 Å². The zero-order valence-corrected chi connectivity index (χ0v) is 18.7. The van der Waals surface area contributed by atoms with Crippen LogP contribution in [0.15, 0.2) is 54.6 Å². The minimum Gasteiger partial charge on any atom is -0.497 e. The first-order valence-electron chi connectivity index (χ1n) is 10.4. The van der Waals surface area contributed by atoms with Gasteiger partial charge in [-0.25, -0.2) is 4.98 Å². The first-order valence-corrected chi connectivity index (χ1v) is 11.2. The largest absolute Gasteiger partial charge is 0.497 e. The van der Waals surface area contributed by atoms with Crippen LogP contribution in [0.25, 0.3) is 11.3 Å². The number of nitrogens with zero attached hydrogens (tertiary/aromatic N) is 2. The summed E-state index contributed by atoms with van der Waals surface area (Å²) in [6.45, 7) is 5.51. The Morgan fingerprint density at radius 3 is 2.55 bits per heavy atom. The summed E-state index contributed by atoms with van der Waals surface area (Å²) in [6.07, 6.45) is 0. The highest BCUT2D eigenvalue weighted by Gasteiger charge is 2.25. The lowest BCUT2D eigenvalue weighted by Crippen LogP contribution is -2.43. The number of morpholine rings is 1. The van der Waals surface area contributed by atoms with E-state index in [-0.39, 0.29) is 11.9 Å². The Balaban J connectivity index is 1.53. The Hall–Kier alpha value is -2.74. The zero-order chi connectivity index (χ0) is 21.6. The van der Waals surface area contributed by atoms with Gasteiger partial charge in [-0.3, -0.25) is 9.69 Å². The molecule has 1 atom stereocenters. The number of aromatic nitrogens is 1. The van der Waals surface area contributed by atoms with Gasteiger partial charge in [0, 0.05) is 25.2 Å². The lowest BCUT2D eigenvalue weighted by Gasteiger charge is -2.35. The molecule has 7 heteroatoms. The Labute approximate surface area is 186 Å². The number of carbonyl (C=O) groups is 1. The highest BCUT2D eigenvalue weighted by atomic mass is 32.1. The molecule has 162 valence electrons. The summed E-state index contributed by atoms with van der Waals surface area (Å²) in [6, 6.07) is 18.0. The van der Waals surface area contributed by atoms with Crippen LogP contribution in [0.4, 0.5) is 0 Å². The molecule has 6 nitrogen and oxygen atoms in total. The van der Waals surface area contributed by atoms with Crippen molar-refractivity contribution in [3.8, 4) is 17.0 Å². The van der Waals surface area contributed by atoms with Gasteiger partial charge in [0.05, 0.1) is 37.1 Å². The maximum absolute atomic E-state index is 13.2. The second-order valence-electron chi connectivity index (χ2n) is 7.42. The predicted molar refractivity (Wildman–Crippen MR) is 123 cm³/mol. The van der Waals surface area contributed by atoms with Crippen molar-refractivity contribution < 1.29 is 14.3 Å². The van der Waals surface area contributed by atoms with E-state index in [1.54, 1.807) is 7.11 Å². The number of benzene rings is 2. The van der Waals surface area contributed by atoms with E-state index in [2.05, 4.69) is 27.3 Å². The van der Waals surface area contributed by atoms with E-state index in [9.17, 15) is 4.79 Å². The van der Waals surface area contributed by atoms with E-state index in [0.29, 0.717) is 24.6 Å². The molecule has 1 saturated heterocycles. The molecule has 0 bridgehead atoms. The smallest absolute Gasteiger partial charge is 0.263 e. The highest BCUT2D eigenvalue weighted by molar-refractivity contribution is 7.14. The Morgan fingerprint density at radius 1 is 1.16 bits per heavy atom. The van der Waals surface area contributed by atoms with Crippen LogP contribution in [0, 0.1) is 6.92 Å². The SMILES string of the molecule is COc1ccc([C@@H](CNC(=O)c2sc(C)nc2-c2ccccc2)N2CCOCC2)cc1. The van der Waals surface area contributed by atoms with Crippen LogP contribution in [0.5, 0.6) is 5.75 Å². The molecule has 3 aromatic rings. The van der Waals surface area contributed by atoms with Crippen LogP contribution in [0.1, 0.15) is 26.3 Å². The topological polar surface area (TPSA) is 63.7 Å². The van der Waals surface area contributed by atoms with Gasteiger partial charge in [-0.2, -0.15) is 0 Å². The average Bonchev–Trinajstić information content (AvgIpc) is 3.22. The van der Waals surface area contributed by atoms with Gasteiger partial charge in [0.25, 0.3) is 5.91 Å². The Bertz CT molecular complexity index is 999. The van der Waals surface area contributed by atoms with Crippen LogP contribution in [-0.4, -0.2) is 55.7 Å². The van der Waals surface area contributed by atoms with Crippen LogP contribution in [0.3, 0.4) is 0 Å². The van der Waals surface area contributed by atoms with Crippen molar-refractivity contribution in [3.63, 3.8) is 0 Å². The van der Waals surface area contributed by atoms with Crippen molar-refractivity contribution in [1.29, 1.82) is 0 Å². The van der Waals surface area contributed by atoms with E-state index in [4.69, 9.17) is 9.47 Å². The van der Waals surface area contributed by atoms with Crippen molar-refractivity contribution in [3.05, 3.63) is 70.0 Å². The molecular weight excluding hydrogens is 410 g/mol. The summed E-state index contributed by atoms with van der Waals surface area (Å²) >= 11 is 1.43. The fourth-order valence-corrected chi connectivity index (χ4v) is 4.67. The summed E-state index contributed by atoms with van der Waals surface area (Å²) in [5.41, 5.74) is 2.84. The molecule has 31 heavy (non-hydrogen) atoms. The molecule has 0 radical (unpaired) electrons. The summed E-state index contributed by atoms with van der Waals surface area (Å²) in [5, 5.41) is 4.04. The standard InChI is InChI=1S/C24H27N3O3S/c1-17-26-22(19-6-4-3-5-7-19)23(31-17)24(28)25-16-21(27-12-14-30-15-13-27)18-8-10-20(29-2)11-9-18/h3-11,21H,12-16H2,1-2H3,(H,25,28)/t21-/m1/s1. The minimum atomic E-state index is -0.0868. The number of carbonyl (C=O) groups excluding carboxylic acids is 1. The molecule has 1 aromatic heterocycles. The molecule has 0 saturated carbocycles. The highest BCUT2D eigenvalue weighted by Crippen LogP contribution is 2.29. The Kier molecular flexibility index (Phi) is 6.96. The van der Waals surface area contributed by atoms with Gasteiger partial charge < -0.3 is 14.8 Å². The summed E-state index contributed by atoms with van der Waals surface area (Å²) < 4.78 is 10.8. The molecule has 1 N–H and O–H groups in total. The third-order valence-corrected chi connectivity index (χ3v) is 6.40. The van der Waals surface area contributed by atoms with E-state index in [1.807, 2.05) is 49.4 Å². The van der Waals surface area contributed by atoms with Crippen molar-refractivity contribution in [2.75, 3.05) is 40.0 Å². The van der Waals surface area contributed by atoms with Crippen LogP contribution < -0.4 is 10.1 Å². The number of methoxy groups -OCH3 is 1. The number of ether oxygens (including phenoxy) is 2. The van der Waals surface area contributed by atoms with Gasteiger partial charge in [-0.15, -0.1) is 11.3 Å². The molecular formula is C24H27N3O3S. The third-order valence-electron chi connectivity index (χ3n) is 5.43. The number of thiazole rings is 1. The van der Waals surface area contributed by atoms with E-state index in [1.165, 1.54) is 11.3 Å². The fraction of sp³-hybridized carbons (Fsp3) is 0.333. The molecule has 0 unspecified atom stereocenters. The number of hydrogen-bond acceptors (Lipinski definition) is 6.